The van der Waals surface area contributed by atoms with E-state index in [1.54, 1.807) is 19.2 Å². The van der Waals surface area contributed by atoms with E-state index in [4.69, 9.17) is 11.6 Å². The molecule has 0 saturated carbocycles. The lowest BCUT2D eigenvalue weighted by atomic mass is 10.2. The summed E-state index contributed by atoms with van der Waals surface area (Å²) in [5.74, 6) is 0. The zero-order valence-electron chi connectivity index (χ0n) is 13.0. The molecular weight excluding hydrogens is 308 g/mol. The number of benzene rings is 1. The summed E-state index contributed by atoms with van der Waals surface area (Å²) >= 11 is 6.09. The van der Waals surface area contributed by atoms with Crippen LogP contribution < -0.4 is 5.32 Å². The lowest BCUT2D eigenvalue weighted by molar-refractivity contribution is 0.454. The Morgan fingerprint density at radius 1 is 1.24 bits per heavy atom. The van der Waals surface area contributed by atoms with Gasteiger partial charge in [-0.2, -0.15) is 0 Å². The van der Waals surface area contributed by atoms with Gasteiger partial charge in [0.05, 0.1) is 5.02 Å². The van der Waals surface area contributed by atoms with Gasteiger partial charge in [0.25, 0.3) is 0 Å². The van der Waals surface area contributed by atoms with Crippen LogP contribution in [0.25, 0.3) is 0 Å². The molecule has 1 aromatic rings. The molecule has 1 N–H and O–H groups in total. The van der Waals surface area contributed by atoms with Crippen molar-refractivity contribution in [1.29, 1.82) is 0 Å². The molecule has 0 aromatic heterocycles. The van der Waals surface area contributed by atoms with Gasteiger partial charge in [0, 0.05) is 20.1 Å². The SMILES string of the molecule is CCCCCN(C)S(=O)(=O)c1cc(CNCC)ccc1Cl. The van der Waals surface area contributed by atoms with Crippen LogP contribution in [0.2, 0.25) is 5.02 Å². The summed E-state index contributed by atoms with van der Waals surface area (Å²) in [6.07, 6.45) is 2.95. The zero-order valence-corrected chi connectivity index (χ0v) is 14.6. The molecule has 0 aliphatic rings. The molecule has 6 heteroatoms. The molecule has 0 amide bonds. The van der Waals surface area contributed by atoms with Crippen molar-refractivity contribution in [1.82, 2.24) is 9.62 Å². The quantitative estimate of drug-likeness (QED) is 0.706. The fraction of sp³-hybridized carbons (Fsp3) is 0.600. The number of halogens is 1. The molecule has 4 nitrogen and oxygen atoms in total. The van der Waals surface area contributed by atoms with Crippen molar-refractivity contribution in [3.63, 3.8) is 0 Å². The summed E-state index contributed by atoms with van der Waals surface area (Å²) in [5, 5.41) is 3.46. The smallest absolute Gasteiger partial charge is 0.244 e. The maximum atomic E-state index is 12.6. The van der Waals surface area contributed by atoms with Crippen molar-refractivity contribution < 1.29 is 8.42 Å². The normalized spacial score (nSPS) is 12.0. The van der Waals surface area contributed by atoms with E-state index < -0.39 is 10.0 Å². The van der Waals surface area contributed by atoms with Crippen LogP contribution in [0.1, 0.15) is 38.7 Å². The molecule has 120 valence electrons. The maximum absolute atomic E-state index is 12.6. The first kappa shape index (κ1) is 18.4. The summed E-state index contributed by atoms with van der Waals surface area (Å²) < 4.78 is 26.6. The molecule has 0 atom stereocenters. The molecule has 0 unspecified atom stereocenters. The van der Waals surface area contributed by atoms with Crippen molar-refractivity contribution in [2.45, 2.75) is 44.6 Å². The van der Waals surface area contributed by atoms with Crippen LogP contribution in [0.3, 0.4) is 0 Å². The van der Waals surface area contributed by atoms with E-state index in [1.807, 2.05) is 13.0 Å². The first-order valence-electron chi connectivity index (χ1n) is 7.39. The second-order valence-electron chi connectivity index (χ2n) is 5.08. The molecule has 0 fully saturated rings. The van der Waals surface area contributed by atoms with E-state index in [2.05, 4.69) is 12.2 Å². The van der Waals surface area contributed by atoms with Crippen LogP contribution in [-0.2, 0) is 16.6 Å². The summed E-state index contributed by atoms with van der Waals surface area (Å²) in [6, 6.07) is 5.17. The number of rotatable bonds is 9. The van der Waals surface area contributed by atoms with Gasteiger partial charge < -0.3 is 5.32 Å². The molecular formula is C15H25ClN2O2S. The average molecular weight is 333 g/mol. The molecule has 0 radical (unpaired) electrons. The van der Waals surface area contributed by atoms with Crippen molar-refractivity contribution in [2.24, 2.45) is 0 Å². The number of unbranched alkanes of at least 4 members (excludes halogenated alkanes) is 2. The zero-order chi connectivity index (χ0) is 15.9. The average Bonchev–Trinajstić information content (AvgIpc) is 2.46. The first-order valence-corrected chi connectivity index (χ1v) is 9.20. The maximum Gasteiger partial charge on any atom is 0.244 e. The van der Waals surface area contributed by atoms with Crippen molar-refractivity contribution in [3.05, 3.63) is 28.8 Å². The van der Waals surface area contributed by atoms with Gasteiger partial charge in [-0.15, -0.1) is 0 Å². The van der Waals surface area contributed by atoms with E-state index in [0.29, 0.717) is 13.1 Å². The highest BCUT2D eigenvalue weighted by molar-refractivity contribution is 7.89. The van der Waals surface area contributed by atoms with Crippen molar-refractivity contribution in [2.75, 3.05) is 20.1 Å². The molecule has 1 aromatic carbocycles. The lowest BCUT2D eigenvalue weighted by Gasteiger charge is -2.18. The third-order valence-corrected chi connectivity index (χ3v) is 5.68. The van der Waals surface area contributed by atoms with Crippen LogP contribution >= 0.6 is 11.6 Å². The van der Waals surface area contributed by atoms with Crippen molar-refractivity contribution >= 4 is 21.6 Å². The predicted octanol–water partition coefficient (Wildman–Crippen LogP) is 3.26. The van der Waals surface area contributed by atoms with Gasteiger partial charge in [0.15, 0.2) is 0 Å². The Bertz CT molecular complexity index is 547. The summed E-state index contributed by atoms with van der Waals surface area (Å²) in [6.45, 7) is 6.09. The number of hydrogen-bond acceptors (Lipinski definition) is 3. The monoisotopic (exact) mass is 332 g/mol. The Morgan fingerprint density at radius 3 is 2.57 bits per heavy atom. The van der Waals surface area contributed by atoms with Crippen LogP contribution in [0, 0.1) is 0 Å². The highest BCUT2D eigenvalue weighted by Crippen LogP contribution is 2.25. The third kappa shape index (κ3) is 5.25. The van der Waals surface area contributed by atoms with E-state index >= 15 is 0 Å². The first-order chi connectivity index (χ1) is 9.93. The van der Waals surface area contributed by atoms with Gasteiger partial charge >= 0.3 is 0 Å². The van der Waals surface area contributed by atoms with Gasteiger partial charge in [0.1, 0.15) is 4.90 Å². The molecule has 21 heavy (non-hydrogen) atoms. The van der Waals surface area contributed by atoms with E-state index in [9.17, 15) is 8.42 Å². The van der Waals surface area contributed by atoms with Gasteiger partial charge in [0.2, 0.25) is 10.0 Å². The Morgan fingerprint density at radius 2 is 1.95 bits per heavy atom. The summed E-state index contributed by atoms with van der Waals surface area (Å²) in [5.41, 5.74) is 0.918. The fourth-order valence-corrected chi connectivity index (χ4v) is 3.73. The minimum absolute atomic E-state index is 0.193. The molecule has 0 bridgehead atoms. The van der Waals surface area contributed by atoms with Crippen molar-refractivity contribution in [3.8, 4) is 0 Å². The number of hydrogen-bond donors (Lipinski definition) is 1. The minimum atomic E-state index is -3.52. The number of nitrogens with zero attached hydrogens (tertiary/aromatic N) is 1. The molecule has 0 aliphatic heterocycles. The topological polar surface area (TPSA) is 49.4 Å². The third-order valence-electron chi connectivity index (χ3n) is 3.34. The van der Waals surface area contributed by atoms with Gasteiger partial charge in [-0.25, -0.2) is 12.7 Å². The lowest BCUT2D eigenvalue weighted by Crippen LogP contribution is -2.28. The Hall–Kier alpha value is -0.620. The summed E-state index contributed by atoms with van der Waals surface area (Å²) in [7, 11) is -1.91. The van der Waals surface area contributed by atoms with E-state index in [1.165, 1.54) is 4.31 Å². The predicted molar refractivity (Wildman–Crippen MR) is 88.2 cm³/mol. The molecule has 0 spiro atoms. The second kappa shape index (κ2) is 8.73. The van der Waals surface area contributed by atoms with E-state index in [-0.39, 0.29) is 9.92 Å². The van der Waals surface area contributed by atoms with Crippen LogP contribution in [0.4, 0.5) is 0 Å². The number of nitrogens with one attached hydrogen (secondary N) is 1. The minimum Gasteiger partial charge on any atom is -0.313 e. The Labute approximate surface area is 133 Å². The molecule has 0 heterocycles. The van der Waals surface area contributed by atoms with Crippen LogP contribution in [-0.4, -0.2) is 32.9 Å². The number of sulfonamides is 1. The molecule has 0 saturated heterocycles. The Balaban J connectivity index is 2.95. The fourth-order valence-electron chi connectivity index (χ4n) is 2.00. The van der Waals surface area contributed by atoms with Gasteiger partial charge in [-0.3, -0.25) is 0 Å². The van der Waals surface area contributed by atoms with Gasteiger partial charge in [-0.05, 0) is 30.7 Å². The van der Waals surface area contributed by atoms with Crippen LogP contribution in [0.15, 0.2) is 23.1 Å². The van der Waals surface area contributed by atoms with Gasteiger partial charge in [-0.1, -0.05) is 44.4 Å². The van der Waals surface area contributed by atoms with E-state index in [0.717, 1.165) is 31.4 Å². The standard InChI is InChI=1S/C15H25ClN2O2S/c1-4-6-7-10-18(3)21(19,20)15-11-13(12-17-5-2)8-9-14(15)16/h8-9,11,17H,4-7,10,12H2,1-3H3. The second-order valence-corrected chi connectivity index (χ2v) is 7.50. The summed E-state index contributed by atoms with van der Waals surface area (Å²) in [4.78, 5) is 0.193. The Kier molecular flexibility index (Phi) is 7.66. The molecule has 1 rings (SSSR count). The highest BCUT2D eigenvalue weighted by Gasteiger charge is 2.23. The largest absolute Gasteiger partial charge is 0.313 e. The van der Waals surface area contributed by atoms with Crippen LogP contribution in [0.5, 0.6) is 0 Å². The molecule has 0 aliphatic carbocycles. The highest BCUT2D eigenvalue weighted by atomic mass is 35.5.